The summed E-state index contributed by atoms with van der Waals surface area (Å²) >= 11 is 0. The summed E-state index contributed by atoms with van der Waals surface area (Å²) in [6.45, 7) is 5.69. The lowest BCUT2D eigenvalue weighted by atomic mass is 10.1. The van der Waals surface area contributed by atoms with Crippen LogP contribution in [-0.2, 0) is 16.1 Å². The van der Waals surface area contributed by atoms with Crippen LogP contribution in [0.5, 0.6) is 0 Å². The molecule has 0 aromatic heterocycles. The van der Waals surface area contributed by atoms with E-state index >= 15 is 0 Å². The lowest BCUT2D eigenvalue weighted by Gasteiger charge is -2.19. The van der Waals surface area contributed by atoms with Gasteiger partial charge in [0.2, 0.25) is 0 Å². The van der Waals surface area contributed by atoms with Crippen LogP contribution in [0.3, 0.4) is 0 Å². The molecule has 0 aliphatic carbocycles. The van der Waals surface area contributed by atoms with Crippen LogP contribution in [0.2, 0.25) is 0 Å². The Labute approximate surface area is 116 Å². The monoisotopic (exact) mass is 263 g/mol. The van der Waals surface area contributed by atoms with Gasteiger partial charge in [-0.1, -0.05) is 30.3 Å². The topological polar surface area (TPSA) is 21.7 Å². The maximum Gasteiger partial charge on any atom is 0.0716 e. The zero-order valence-corrected chi connectivity index (χ0v) is 11.9. The number of nitrogens with zero attached hydrogens (tertiary/aromatic N) is 1. The number of ether oxygens (including phenoxy) is 2. The van der Waals surface area contributed by atoms with Gasteiger partial charge in [-0.15, -0.1) is 0 Å². The third kappa shape index (κ3) is 5.72. The average molecular weight is 263 g/mol. The minimum Gasteiger partial charge on any atom is -0.381 e. The summed E-state index contributed by atoms with van der Waals surface area (Å²) in [5.41, 5.74) is 1.25. The first-order chi connectivity index (χ1) is 9.34. The second kappa shape index (κ2) is 8.31. The fraction of sp³-hybridized carbons (Fsp3) is 0.625. The number of hydrogen-bond acceptors (Lipinski definition) is 3. The Morgan fingerprint density at radius 3 is 2.89 bits per heavy atom. The molecule has 1 aliphatic rings. The molecule has 106 valence electrons. The first-order valence-corrected chi connectivity index (χ1v) is 7.22. The summed E-state index contributed by atoms with van der Waals surface area (Å²) in [6, 6.07) is 10.3. The average Bonchev–Trinajstić information content (AvgIpc) is 2.92. The normalized spacial score (nSPS) is 19.2. The molecular formula is C16H25NO2. The molecule has 1 saturated heterocycles. The Balaban J connectivity index is 1.49. The van der Waals surface area contributed by atoms with E-state index in [0.29, 0.717) is 0 Å². The molecule has 1 atom stereocenters. The van der Waals surface area contributed by atoms with Gasteiger partial charge in [-0.2, -0.15) is 0 Å². The molecule has 0 radical (unpaired) electrons. The molecule has 19 heavy (non-hydrogen) atoms. The molecule has 3 heteroatoms. The first kappa shape index (κ1) is 14.5. The molecule has 2 rings (SSSR count). The van der Waals surface area contributed by atoms with E-state index in [1.807, 2.05) is 6.07 Å². The Morgan fingerprint density at radius 1 is 1.32 bits per heavy atom. The maximum absolute atomic E-state index is 5.69. The minimum atomic E-state index is 0.723. The van der Waals surface area contributed by atoms with Crippen molar-refractivity contribution >= 4 is 0 Å². The van der Waals surface area contributed by atoms with Crippen LogP contribution in [0.4, 0.5) is 0 Å². The van der Waals surface area contributed by atoms with Gasteiger partial charge in [-0.3, -0.25) is 0 Å². The maximum atomic E-state index is 5.69. The molecule has 0 N–H and O–H groups in total. The second-order valence-corrected chi connectivity index (χ2v) is 5.38. The minimum absolute atomic E-state index is 0.723. The van der Waals surface area contributed by atoms with Crippen molar-refractivity contribution in [1.82, 2.24) is 4.90 Å². The van der Waals surface area contributed by atoms with Crippen LogP contribution in [0.25, 0.3) is 0 Å². The van der Waals surface area contributed by atoms with Crippen molar-refractivity contribution in [2.75, 3.05) is 40.0 Å². The lowest BCUT2D eigenvalue weighted by molar-refractivity contribution is 0.108. The van der Waals surface area contributed by atoms with Gasteiger partial charge in [0, 0.05) is 26.3 Å². The van der Waals surface area contributed by atoms with Crippen molar-refractivity contribution in [1.29, 1.82) is 0 Å². The van der Waals surface area contributed by atoms with E-state index in [9.17, 15) is 0 Å². The number of hydrogen-bond donors (Lipinski definition) is 0. The quantitative estimate of drug-likeness (QED) is 0.673. The Morgan fingerprint density at radius 2 is 2.16 bits per heavy atom. The van der Waals surface area contributed by atoms with Crippen molar-refractivity contribution in [3.8, 4) is 0 Å². The van der Waals surface area contributed by atoms with Crippen molar-refractivity contribution in [2.24, 2.45) is 5.92 Å². The molecule has 3 nitrogen and oxygen atoms in total. The Kier molecular flexibility index (Phi) is 6.34. The first-order valence-electron chi connectivity index (χ1n) is 7.22. The van der Waals surface area contributed by atoms with Gasteiger partial charge in [-0.05, 0) is 31.4 Å². The molecule has 0 bridgehead atoms. The van der Waals surface area contributed by atoms with E-state index in [-0.39, 0.29) is 0 Å². The highest BCUT2D eigenvalue weighted by molar-refractivity contribution is 5.13. The van der Waals surface area contributed by atoms with Crippen LogP contribution in [0.15, 0.2) is 30.3 Å². The van der Waals surface area contributed by atoms with E-state index in [4.69, 9.17) is 9.47 Å². The molecule has 0 amide bonds. The van der Waals surface area contributed by atoms with Crippen LogP contribution in [-0.4, -0.2) is 44.9 Å². The van der Waals surface area contributed by atoms with Crippen LogP contribution in [0, 0.1) is 5.92 Å². The lowest BCUT2D eigenvalue weighted by Crippen LogP contribution is -2.27. The van der Waals surface area contributed by atoms with Gasteiger partial charge in [-0.25, -0.2) is 0 Å². The van der Waals surface area contributed by atoms with E-state index < -0.39 is 0 Å². The standard InChI is InChI=1S/C16H25NO2/c1-17(12-16-8-11-19-14-16)9-5-10-18-13-15-6-3-2-4-7-15/h2-4,6-7,16H,5,8-14H2,1H3/t16-/m0/s1. The van der Waals surface area contributed by atoms with E-state index in [1.165, 1.54) is 12.0 Å². The van der Waals surface area contributed by atoms with Crippen molar-refractivity contribution in [2.45, 2.75) is 19.4 Å². The summed E-state index contributed by atoms with van der Waals surface area (Å²) in [5, 5.41) is 0. The molecule has 1 heterocycles. The number of benzene rings is 1. The summed E-state index contributed by atoms with van der Waals surface area (Å²) in [4.78, 5) is 2.39. The number of rotatable bonds is 8. The molecule has 0 saturated carbocycles. The van der Waals surface area contributed by atoms with Crippen LogP contribution in [0.1, 0.15) is 18.4 Å². The smallest absolute Gasteiger partial charge is 0.0716 e. The summed E-state index contributed by atoms with van der Waals surface area (Å²) in [5.74, 6) is 0.732. The predicted molar refractivity (Wildman–Crippen MR) is 77.1 cm³/mol. The third-order valence-corrected chi connectivity index (χ3v) is 3.53. The largest absolute Gasteiger partial charge is 0.381 e. The molecule has 1 aromatic carbocycles. The van der Waals surface area contributed by atoms with Gasteiger partial charge in [0.15, 0.2) is 0 Å². The second-order valence-electron chi connectivity index (χ2n) is 5.38. The molecule has 1 fully saturated rings. The fourth-order valence-corrected chi connectivity index (χ4v) is 2.46. The van der Waals surface area contributed by atoms with Crippen molar-refractivity contribution < 1.29 is 9.47 Å². The molecule has 1 aromatic rings. The zero-order valence-electron chi connectivity index (χ0n) is 11.9. The van der Waals surface area contributed by atoms with E-state index in [1.54, 1.807) is 0 Å². The van der Waals surface area contributed by atoms with E-state index in [0.717, 1.165) is 51.9 Å². The molecule has 0 unspecified atom stereocenters. The van der Waals surface area contributed by atoms with Gasteiger partial charge in [0.1, 0.15) is 0 Å². The van der Waals surface area contributed by atoms with Gasteiger partial charge >= 0.3 is 0 Å². The van der Waals surface area contributed by atoms with Crippen molar-refractivity contribution in [3.63, 3.8) is 0 Å². The van der Waals surface area contributed by atoms with Crippen LogP contribution < -0.4 is 0 Å². The molecule has 0 spiro atoms. The van der Waals surface area contributed by atoms with Gasteiger partial charge < -0.3 is 14.4 Å². The SMILES string of the molecule is CN(CCCOCc1ccccc1)C[C@@H]1CCOC1. The fourth-order valence-electron chi connectivity index (χ4n) is 2.46. The summed E-state index contributed by atoms with van der Waals surface area (Å²) in [7, 11) is 2.19. The Bertz CT molecular complexity index is 336. The zero-order chi connectivity index (χ0) is 13.3. The van der Waals surface area contributed by atoms with Crippen LogP contribution >= 0.6 is 0 Å². The van der Waals surface area contributed by atoms with Gasteiger partial charge in [0.05, 0.1) is 13.2 Å². The predicted octanol–water partition coefficient (Wildman–Crippen LogP) is 2.56. The summed E-state index contributed by atoms with van der Waals surface area (Å²) < 4.78 is 11.1. The molecular weight excluding hydrogens is 238 g/mol. The Hall–Kier alpha value is -0.900. The van der Waals surface area contributed by atoms with Crippen molar-refractivity contribution in [3.05, 3.63) is 35.9 Å². The highest BCUT2D eigenvalue weighted by Gasteiger charge is 2.16. The van der Waals surface area contributed by atoms with Gasteiger partial charge in [0.25, 0.3) is 0 Å². The highest BCUT2D eigenvalue weighted by atomic mass is 16.5. The van der Waals surface area contributed by atoms with E-state index in [2.05, 4.69) is 36.2 Å². The molecule has 1 aliphatic heterocycles. The summed E-state index contributed by atoms with van der Waals surface area (Å²) in [6.07, 6.45) is 2.31. The third-order valence-electron chi connectivity index (χ3n) is 3.53. The highest BCUT2D eigenvalue weighted by Crippen LogP contribution is 2.13.